The Hall–Kier alpha value is -0.0700. The summed E-state index contributed by atoms with van der Waals surface area (Å²) < 4.78 is 2.42. The smallest absolute Gasteiger partial charge is 0.153 e. The van der Waals surface area contributed by atoms with E-state index < -0.39 is 0 Å². The number of nitrogens with two attached hydrogens (primary N) is 1. The van der Waals surface area contributed by atoms with Gasteiger partial charge in [0.25, 0.3) is 0 Å². The molecular formula is C8H15BrN4S. The van der Waals surface area contributed by atoms with Crippen molar-refractivity contribution in [2.24, 2.45) is 12.8 Å². The van der Waals surface area contributed by atoms with Crippen molar-refractivity contribution in [2.75, 3.05) is 6.26 Å². The predicted octanol–water partition coefficient (Wildman–Crippen LogP) is 1.72. The van der Waals surface area contributed by atoms with Crippen LogP contribution in [0.3, 0.4) is 0 Å². The third kappa shape index (κ3) is 2.12. The zero-order chi connectivity index (χ0) is 10.9. The van der Waals surface area contributed by atoms with E-state index >= 15 is 0 Å². The van der Waals surface area contributed by atoms with E-state index in [0.717, 1.165) is 10.3 Å². The lowest BCUT2D eigenvalue weighted by molar-refractivity contribution is 0.517. The van der Waals surface area contributed by atoms with Gasteiger partial charge in [-0.1, -0.05) is 5.21 Å². The molecule has 4 nitrogen and oxygen atoms in total. The van der Waals surface area contributed by atoms with Crippen molar-refractivity contribution in [1.82, 2.24) is 15.0 Å². The van der Waals surface area contributed by atoms with Crippen molar-refractivity contribution in [3.63, 3.8) is 0 Å². The molecule has 0 fully saturated rings. The zero-order valence-electron chi connectivity index (χ0n) is 8.78. The molecule has 0 aromatic carbocycles. The number of nitrogens with zero attached hydrogens (tertiary/aromatic N) is 3. The predicted molar refractivity (Wildman–Crippen MR) is 63.2 cm³/mol. The minimum absolute atomic E-state index is 0.0298. The van der Waals surface area contributed by atoms with Gasteiger partial charge in [0, 0.05) is 11.8 Å². The van der Waals surface area contributed by atoms with Gasteiger partial charge in [-0.05, 0) is 36.0 Å². The van der Waals surface area contributed by atoms with Gasteiger partial charge in [0.1, 0.15) is 0 Å². The number of aryl methyl sites for hydroxylation is 1. The van der Waals surface area contributed by atoms with Gasteiger partial charge in [0.15, 0.2) is 4.60 Å². The Bertz CT molecular complexity index is 304. The fourth-order valence-electron chi connectivity index (χ4n) is 1.13. The molecule has 1 aromatic heterocycles. The third-order valence-electron chi connectivity index (χ3n) is 2.40. The van der Waals surface area contributed by atoms with Crippen LogP contribution in [0.5, 0.6) is 0 Å². The molecule has 0 saturated carbocycles. The van der Waals surface area contributed by atoms with Crippen LogP contribution in [0.4, 0.5) is 0 Å². The highest BCUT2D eigenvalue weighted by atomic mass is 79.9. The maximum atomic E-state index is 6.18. The van der Waals surface area contributed by atoms with Gasteiger partial charge in [0.2, 0.25) is 0 Å². The highest BCUT2D eigenvalue weighted by Crippen LogP contribution is 2.35. The lowest BCUT2D eigenvalue weighted by Crippen LogP contribution is -2.33. The molecule has 1 heterocycles. The van der Waals surface area contributed by atoms with Crippen molar-refractivity contribution >= 4 is 27.7 Å². The van der Waals surface area contributed by atoms with E-state index in [2.05, 4.69) is 46.3 Å². The van der Waals surface area contributed by atoms with Gasteiger partial charge in [-0.2, -0.15) is 11.8 Å². The van der Waals surface area contributed by atoms with E-state index in [0.29, 0.717) is 0 Å². The molecule has 0 spiro atoms. The summed E-state index contributed by atoms with van der Waals surface area (Å²) >= 11 is 5.09. The van der Waals surface area contributed by atoms with Crippen LogP contribution < -0.4 is 5.73 Å². The largest absolute Gasteiger partial charge is 0.321 e. The van der Waals surface area contributed by atoms with Crippen molar-refractivity contribution in [3.8, 4) is 0 Å². The van der Waals surface area contributed by atoms with E-state index in [4.69, 9.17) is 5.73 Å². The molecule has 0 saturated heterocycles. The monoisotopic (exact) mass is 278 g/mol. The summed E-state index contributed by atoms with van der Waals surface area (Å²) in [6.45, 7) is 4.23. The summed E-state index contributed by atoms with van der Waals surface area (Å²) in [5, 5.41) is 7.84. The van der Waals surface area contributed by atoms with Gasteiger partial charge in [0.05, 0.1) is 11.7 Å². The second-order valence-corrected chi connectivity index (χ2v) is 5.89. The second kappa shape index (κ2) is 4.20. The number of halogens is 1. The fraction of sp³-hybridized carbons (Fsp3) is 0.750. The molecule has 1 unspecified atom stereocenters. The van der Waals surface area contributed by atoms with Crippen molar-refractivity contribution in [2.45, 2.75) is 24.6 Å². The van der Waals surface area contributed by atoms with Crippen LogP contribution >= 0.6 is 27.7 Å². The van der Waals surface area contributed by atoms with Gasteiger partial charge < -0.3 is 5.73 Å². The molecule has 0 amide bonds. The minimum atomic E-state index is -0.0909. The molecule has 14 heavy (non-hydrogen) atoms. The van der Waals surface area contributed by atoms with Crippen LogP contribution in [0.2, 0.25) is 0 Å². The van der Waals surface area contributed by atoms with Crippen molar-refractivity contribution in [1.29, 1.82) is 0 Å². The van der Waals surface area contributed by atoms with E-state index in [1.807, 2.05) is 7.05 Å². The first-order valence-corrected chi connectivity index (χ1v) is 6.27. The summed E-state index contributed by atoms with van der Waals surface area (Å²) in [6.07, 6.45) is 2.05. The van der Waals surface area contributed by atoms with Crippen LogP contribution in [-0.4, -0.2) is 26.0 Å². The molecule has 0 aliphatic rings. The first-order chi connectivity index (χ1) is 6.40. The van der Waals surface area contributed by atoms with Gasteiger partial charge in [-0.3, -0.25) is 0 Å². The first kappa shape index (κ1) is 12.0. The Kier molecular flexibility index (Phi) is 3.60. The summed E-state index contributed by atoms with van der Waals surface area (Å²) in [5.41, 5.74) is 7.11. The molecule has 80 valence electrons. The van der Waals surface area contributed by atoms with Crippen molar-refractivity contribution < 1.29 is 0 Å². The summed E-state index contributed by atoms with van der Waals surface area (Å²) in [7, 11) is 1.85. The molecule has 0 radical (unpaired) electrons. The van der Waals surface area contributed by atoms with E-state index in [1.54, 1.807) is 16.4 Å². The molecular weight excluding hydrogens is 264 g/mol. The zero-order valence-corrected chi connectivity index (χ0v) is 11.2. The SMILES string of the molecule is CSC(C)(C)C(N)c1c(Br)nnn1C. The quantitative estimate of drug-likeness (QED) is 0.915. The van der Waals surface area contributed by atoms with Gasteiger partial charge in [-0.15, -0.1) is 5.10 Å². The van der Waals surface area contributed by atoms with Crippen molar-refractivity contribution in [3.05, 3.63) is 10.3 Å². The van der Waals surface area contributed by atoms with E-state index in [1.165, 1.54) is 0 Å². The van der Waals surface area contributed by atoms with Gasteiger partial charge >= 0.3 is 0 Å². The maximum absolute atomic E-state index is 6.18. The first-order valence-electron chi connectivity index (χ1n) is 4.26. The molecule has 0 bridgehead atoms. The number of rotatable bonds is 3. The Labute approximate surface area is 96.7 Å². The molecule has 0 aliphatic heterocycles. The number of thioether (sulfide) groups is 1. The summed E-state index contributed by atoms with van der Waals surface area (Å²) in [6, 6.07) is -0.0909. The molecule has 2 N–H and O–H groups in total. The number of hydrogen-bond donors (Lipinski definition) is 1. The molecule has 0 aliphatic carbocycles. The summed E-state index contributed by atoms with van der Waals surface area (Å²) in [4.78, 5) is 0. The lowest BCUT2D eigenvalue weighted by atomic mass is 10.0. The number of aromatic nitrogens is 3. The Morgan fingerprint density at radius 1 is 1.57 bits per heavy atom. The fourth-order valence-corrected chi connectivity index (χ4v) is 2.06. The highest BCUT2D eigenvalue weighted by Gasteiger charge is 2.31. The van der Waals surface area contributed by atoms with E-state index in [-0.39, 0.29) is 10.8 Å². The van der Waals surface area contributed by atoms with Crippen LogP contribution in [0.15, 0.2) is 4.60 Å². The topological polar surface area (TPSA) is 56.7 Å². The normalized spacial score (nSPS) is 14.4. The number of hydrogen-bond acceptors (Lipinski definition) is 4. The van der Waals surface area contributed by atoms with E-state index in [9.17, 15) is 0 Å². The highest BCUT2D eigenvalue weighted by molar-refractivity contribution is 9.10. The van der Waals surface area contributed by atoms with Crippen LogP contribution in [0.25, 0.3) is 0 Å². The van der Waals surface area contributed by atoms with Crippen LogP contribution in [0.1, 0.15) is 25.6 Å². The van der Waals surface area contributed by atoms with Crippen LogP contribution in [-0.2, 0) is 7.05 Å². The maximum Gasteiger partial charge on any atom is 0.153 e. The average Bonchev–Trinajstić information content (AvgIpc) is 2.45. The molecule has 1 aromatic rings. The Balaban J connectivity index is 3.06. The molecule has 1 atom stereocenters. The van der Waals surface area contributed by atoms with Gasteiger partial charge in [-0.25, -0.2) is 4.68 Å². The Morgan fingerprint density at radius 2 is 2.14 bits per heavy atom. The average molecular weight is 279 g/mol. The third-order valence-corrected chi connectivity index (χ3v) is 4.27. The lowest BCUT2D eigenvalue weighted by Gasteiger charge is -2.29. The molecule has 6 heteroatoms. The summed E-state index contributed by atoms with van der Waals surface area (Å²) in [5.74, 6) is 0. The minimum Gasteiger partial charge on any atom is -0.321 e. The van der Waals surface area contributed by atoms with Crippen LogP contribution in [0, 0.1) is 0 Å². The Morgan fingerprint density at radius 3 is 2.50 bits per heavy atom. The molecule has 1 rings (SSSR count). The standard InChI is InChI=1S/C8H15BrN4S/c1-8(2,14-4)6(10)5-7(9)11-12-13(5)3/h6H,10H2,1-4H3. The second-order valence-electron chi connectivity index (χ2n) is 3.67.